The number of hydrogen-bond acceptors (Lipinski definition) is 3. The maximum absolute atomic E-state index is 12.8. The molecule has 0 unspecified atom stereocenters. The minimum absolute atomic E-state index is 0.113. The standard InChI is InChI=1S/C13H16FN3S/c1-13(2,3)15-12-17-16-11(8-18-12)9-4-6-10(14)7-5-9/h4-7H,8H2,1-3H3,(H,15,17). The fourth-order valence-electron chi connectivity index (χ4n) is 1.47. The number of rotatable bonds is 1. The normalized spacial score (nSPS) is 18.4. The zero-order chi connectivity index (χ0) is 13.2. The lowest BCUT2D eigenvalue weighted by atomic mass is 10.1. The number of nitrogens with zero attached hydrogens (tertiary/aromatic N) is 2. The molecule has 0 atom stereocenters. The van der Waals surface area contributed by atoms with E-state index in [0.717, 1.165) is 22.2 Å². The van der Waals surface area contributed by atoms with E-state index < -0.39 is 0 Å². The molecule has 1 heterocycles. The van der Waals surface area contributed by atoms with Crippen LogP contribution in [0.2, 0.25) is 0 Å². The molecule has 2 rings (SSSR count). The summed E-state index contributed by atoms with van der Waals surface area (Å²) in [7, 11) is 0. The van der Waals surface area contributed by atoms with Gasteiger partial charge in [-0.15, -0.1) is 0 Å². The van der Waals surface area contributed by atoms with Crippen LogP contribution >= 0.6 is 11.8 Å². The third-order valence-electron chi connectivity index (χ3n) is 2.25. The maximum Gasteiger partial charge on any atom is 0.178 e. The number of thioether (sulfide) groups is 1. The molecule has 1 aromatic carbocycles. The van der Waals surface area contributed by atoms with Gasteiger partial charge < -0.3 is 0 Å². The van der Waals surface area contributed by atoms with E-state index in [4.69, 9.17) is 0 Å². The molecule has 96 valence electrons. The van der Waals surface area contributed by atoms with Crippen molar-refractivity contribution >= 4 is 22.6 Å². The van der Waals surface area contributed by atoms with Crippen molar-refractivity contribution in [2.75, 3.05) is 5.75 Å². The predicted molar refractivity (Wildman–Crippen MR) is 75.7 cm³/mol. The molecular formula is C13H16FN3S. The van der Waals surface area contributed by atoms with Gasteiger partial charge in [0.2, 0.25) is 0 Å². The first kappa shape index (κ1) is 13.1. The molecule has 0 saturated carbocycles. The van der Waals surface area contributed by atoms with Crippen molar-refractivity contribution in [1.29, 1.82) is 0 Å². The molecule has 1 N–H and O–H groups in total. The van der Waals surface area contributed by atoms with E-state index in [1.54, 1.807) is 23.9 Å². The first-order chi connectivity index (χ1) is 8.44. The van der Waals surface area contributed by atoms with E-state index in [1.807, 2.05) is 20.8 Å². The highest BCUT2D eigenvalue weighted by Gasteiger charge is 2.16. The lowest BCUT2D eigenvalue weighted by molar-refractivity contribution is 0.582. The molecule has 0 spiro atoms. The number of benzene rings is 1. The van der Waals surface area contributed by atoms with E-state index in [9.17, 15) is 4.39 Å². The molecule has 0 saturated heterocycles. The van der Waals surface area contributed by atoms with Crippen LogP contribution in [0.15, 0.2) is 34.4 Å². The molecule has 0 radical (unpaired) electrons. The third-order valence-corrected chi connectivity index (χ3v) is 3.12. The average molecular weight is 265 g/mol. The van der Waals surface area contributed by atoms with Crippen molar-refractivity contribution < 1.29 is 4.39 Å². The summed E-state index contributed by atoms with van der Waals surface area (Å²) in [4.78, 5) is 4.51. The minimum Gasteiger partial charge on any atom is -0.256 e. The number of hydrazone groups is 1. The van der Waals surface area contributed by atoms with Gasteiger partial charge in [-0.25, -0.2) is 4.39 Å². The quantitative estimate of drug-likeness (QED) is 0.847. The molecule has 18 heavy (non-hydrogen) atoms. The van der Waals surface area contributed by atoms with Gasteiger partial charge in [0.25, 0.3) is 0 Å². The van der Waals surface area contributed by atoms with E-state index in [2.05, 4.69) is 15.5 Å². The highest BCUT2D eigenvalue weighted by Crippen LogP contribution is 2.17. The largest absolute Gasteiger partial charge is 0.256 e. The summed E-state index contributed by atoms with van der Waals surface area (Å²) < 4.78 is 12.8. The van der Waals surface area contributed by atoms with E-state index in [1.165, 1.54) is 12.1 Å². The summed E-state index contributed by atoms with van der Waals surface area (Å²) in [6.07, 6.45) is 0. The second-order valence-electron chi connectivity index (χ2n) is 5.05. The second-order valence-corrected chi connectivity index (χ2v) is 6.02. The van der Waals surface area contributed by atoms with Crippen LogP contribution in [0.5, 0.6) is 0 Å². The van der Waals surface area contributed by atoms with Gasteiger partial charge in [-0.05, 0) is 38.5 Å². The first-order valence-electron chi connectivity index (χ1n) is 5.75. The van der Waals surface area contributed by atoms with Gasteiger partial charge >= 0.3 is 0 Å². The smallest absolute Gasteiger partial charge is 0.178 e. The van der Waals surface area contributed by atoms with Gasteiger partial charge in [0.15, 0.2) is 5.17 Å². The number of hydrogen-bond donors (Lipinski definition) is 1. The van der Waals surface area contributed by atoms with Gasteiger partial charge in [0.1, 0.15) is 5.82 Å². The topological polar surface area (TPSA) is 36.8 Å². The lowest BCUT2D eigenvalue weighted by Gasteiger charge is -2.19. The molecule has 3 nitrogen and oxygen atoms in total. The first-order valence-corrected chi connectivity index (χ1v) is 6.74. The van der Waals surface area contributed by atoms with Gasteiger partial charge in [-0.1, -0.05) is 23.9 Å². The van der Waals surface area contributed by atoms with Crippen molar-refractivity contribution in [3.05, 3.63) is 35.6 Å². The molecule has 5 heteroatoms. The molecule has 0 bridgehead atoms. The van der Waals surface area contributed by atoms with Crippen LogP contribution in [-0.2, 0) is 0 Å². The van der Waals surface area contributed by atoms with Gasteiger partial charge in [-0.2, -0.15) is 5.10 Å². The average Bonchev–Trinajstić information content (AvgIpc) is 2.29. The fraction of sp³-hybridized carbons (Fsp3) is 0.385. The van der Waals surface area contributed by atoms with Crippen LogP contribution in [0.25, 0.3) is 0 Å². The lowest BCUT2D eigenvalue weighted by Crippen LogP contribution is -2.28. The minimum atomic E-state index is -0.231. The van der Waals surface area contributed by atoms with Crippen LogP contribution in [0.3, 0.4) is 0 Å². The summed E-state index contributed by atoms with van der Waals surface area (Å²) in [5.41, 5.74) is 4.68. The number of amidine groups is 1. The zero-order valence-electron chi connectivity index (χ0n) is 10.7. The van der Waals surface area contributed by atoms with E-state index in [0.29, 0.717) is 0 Å². The second kappa shape index (κ2) is 5.10. The maximum atomic E-state index is 12.8. The van der Waals surface area contributed by atoms with E-state index >= 15 is 0 Å². The van der Waals surface area contributed by atoms with E-state index in [-0.39, 0.29) is 11.4 Å². The van der Waals surface area contributed by atoms with Crippen LogP contribution < -0.4 is 5.43 Å². The summed E-state index contributed by atoms with van der Waals surface area (Å²) >= 11 is 1.61. The molecule has 0 aliphatic carbocycles. The number of aliphatic imine (C=N–C) groups is 1. The van der Waals surface area contributed by atoms with Crippen LogP contribution in [0.1, 0.15) is 26.3 Å². The number of halogens is 1. The van der Waals surface area contributed by atoms with Crippen molar-refractivity contribution in [3.8, 4) is 0 Å². The Hall–Kier alpha value is -1.36. The molecular weight excluding hydrogens is 249 g/mol. The van der Waals surface area contributed by atoms with Gasteiger partial charge in [0.05, 0.1) is 11.3 Å². The Morgan fingerprint density at radius 3 is 2.44 bits per heavy atom. The van der Waals surface area contributed by atoms with Crippen LogP contribution in [0.4, 0.5) is 4.39 Å². The SMILES string of the molecule is CC(C)(C)N=C1NN=C(c2ccc(F)cc2)CS1. The molecule has 1 aliphatic rings. The van der Waals surface area contributed by atoms with Crippen LogP contribution in [0, 0.1) is 5.82 Å². The zero-order valence-corrected chi connectivity index (χ0v) is 11.5. The Morgan fingerprint density at radius 1 is 1.28 bits per heavy atom. The highest BCUT2D eigenvalue weighted by molar-refractivity contribution is 8.14. The number of nitrogens with one attached hydrogen (secondary N) is 1. The molecule has 0 fully saturated rings. The summed E-state index contributed by atoms with van der Waals surface area (Å²) in [5.74, 6) is 0.513. The summed E-state index contributed by atoms with van der Waals surface area (Å²) in [6, 6.07) is 6.37. The summed E-state index contributed by atoms with van der Waals surface area (Å²) in [6.45, 7) is 6.13. The Balaban J connectivity index is 2.12. The Labute approximate surface area is 111 Å². The molecule has 0 aromatic heterocycles. The third kappa shape index (κ3) is 3.57. The van der Waals surface area contributed by atoms with Crippen molar-refractivity contribution in [1.82, 2.24) is 5.43 Å². The monoisotopic (exact) mass is 265 g/mol. The van der Waals surface area contributed by atoms with Crippen LogP contribution in [-0.4, -0.2) is 22.2 Å². The van der Waals surface area contributed by atoms with Crippen molar-refractivity contribution in [3.63, 3.8) is 0 Å². The Kier molecular flexibility index (Phi) is 3.71. The predicted octanol–water partition coefficient (Wildman–Crippen LogP) is 3.02. The summed E-state index contributed by atoms with van der Waals surface area (Å²) in [5, 5.41) is 5.11. The Bertz CT molecular complexity index is 486. The molecule has 0 amide bonds. The highest BCUT2D eigenvalue weighted by atomic mass is 32.2. The molecule has 1 aliphatic heterocycles. The van der Waals surface area contributed by atoms with Gasteiger partial charge in [0, 0.05) is 5.75 Å². The fourth-order valence-corrected chi connectivity index (χ4v) is 2.42. The van der Waals surface area contributed by atoms with Crippen molar-refractivity contribution in [2.45, 2.75) is 26.3 Å². The van der Waals surface area contributed by atoms with Gasteiger partial charge in [-0.3, -0.25) is 10.4 Å². The van der Waals surface area contributed by atoms with Crippen molar-refractivity contribution in [2.24, 2.45) is 10.1 Å². The Morgan fingerprint density at radius 2 is 1.94 bits per heavy atom. The molecule has 1 aromatic rings.